The Kier molecular flexibility index (Phi) is 3.29. The standard InChI is InChI=1S/C13H11Cl2F3N2O/c14-7-1-4-10-9(5-7)12(15,13(16,17)18)6-20(8-2-3-8)11(21)19-10/h1,4-5,8H,2-3,6H2,(H,19,21). The quantitative estimate of drug-likeness (QED) is 0.758. The van der Waals surface area contributed by atoms with E-state index >= 15 is 0 Å². The minimum atomic E-state index is -4.71. The van der Waals surface area contributed by atoms with E-state index in [1.54, 1.807) is 0 Å². The molecule has 0 spiro atoms. The van der Waals surface area contributed by atoms with Gasteiger partial charge in [0.25, 0.3) is 0 Å². The molecule has 1 atom stereocenters. The monoisotopic (exact) mass is 338 g/mol. The van der Waals surface area contributed by atoms with Crippen molar-refractivity contribution < 1.29 is 18.0 Å². The van der Waals surface area contributed by atoms with Crippen molar-refractivity contribution in [1.29, 1.82) is 0 Å². The van der Waals surface area contributed by atoms with E-state index in [-0.39, 0.29) is 22.3 Å². The van der Waals surface area contributed by atoms with E-state index < -0.39 is 23.6 Å². The summed E-state index contributed by atoms with van der Waals surface area (Å²) >= 11 is 11.8. The molecule has 0 radical (unpaired) electrons. The lowest BCUT2D eigenvalue weighted by molar-refractivity contribution is -0.167. The fourth-order valence-corrected chi connectivity index (χ4v) is 2.91. The van der Waals surface area contributed by atoms with Crippen LogP contribution in [0.1, 0.15) is 18.4 Å². The Hall–Kier alpha value is -1.14. The second-order valence-corrected chi connectivity index (χ2v) is 6.36. The number of hydrogen-bond donors (Lipinski definition) is 1. The van der Waals surface area contributed by atoms with Crippen molar-refractivity contribution >= 4 is 34.9 Å². The smallest absolute Gasteiger partial charge is 0.319 e. The van der Waals surface area contributed by atoms with Crippen LogP contribution in [-0.2, 0) is 4.87 Å². The SMILES string of the molecule is O=C1Nc2ccc(Cl)cc2C(Cl)(C(F)(F)F)CN1C1CC1. The van der Waals surface area contributed by atoms with Crippen LogP contribution in [0.4, 0.5) is 23.7 Å². The van der Waals surface area contributed by atoms with Crippen LogP contribution in [-0.4, -0.2) is 29.7 Å². The van der Waals surface area contributed by atoms with E-state index in [1.165, 1.54) is 12.1 Å². The molecule has 1 aromatic carbocycles. The molecule has 0 aromatic heterocycles. The molecule has 1 unspecified atom stereocenters. The van der Waals surface area contributed by atoms with Gasteiger partial charge in [-0.05, 0) is 31.0 Å². The van der Waals surface area contributed by atoms with Crippen molar-refractivity contribution in [1.82, 2.24) is 4.90 Å². The van der Waals surface area contributed by atoms with Crippen LogP contribution >= 0.6 is 23.2 Å². The lowest BCUT2D eigenvalue weighted by Gasteiger charge is -2.33. The van der Waals surface area contributed by atoms with E-state index in [1.807, 2.05) is 0 Å². The number of nitrogens with one attached hydrogen (secondary N) is 1. The average Bonchev–Trinajstić information content (AvgIpc) is 3.19. The third kappa shape index (κ3) is 2.44. The molecule has 1 aromatic rings. The molecule has 1 fully saturated rings. The van der Waals surface area contributed by atoms with Gasteiger partial charge in [0.15, 0.2) is 4.87 Å². The molecule has 1 N–H and O–H groups in total. The number of carbonyl (C=O) groups is 1. The van der Waals surface area contributed by atoms with E-state index in [2.05, 4.69) is 5.32 Å². The summed E-state index contributed by atoms with van der Waals surface area (Å²) in [6.07, 6.45) is -3.34. The van der Waals surface area contributed by atoms with Crippen molar-refractivity contribution in [2.24, 2.45) is 0 Å². The first-order chi connectivity index (χ1) is 9.72. The number of urea groups is 1. The van der Waals surface area contributed by atoms with Crippen LogP contribution in [0.2, 0.25) is 5.02 Å². The summed E-state index contributed by atoms with van der Waals surface area (Å²) in [4.78, 5) is 10.6. The minimum absolute atomic E-state index is 0.0416. The summed E-state index contributed by atoms with van der Waals surface area (Å²) in [6.45, 7) is -0.623. The third-order valence-corrected chi connectivity index (χ3v) is 4.51. The second kappa shape index (κ2) is 4.68. The topological polar surface area (TPSA) is 32.3 Å². The Labute approximate surface area is 129 Å². The predicted octanol–water partition coefficient (Wildman–Crippen LogP) is 4.35. The van der Waals surface area contributed by atoms with Crippen LogP contribution in [0.15, 0.2) is 18.2 Å². The zero-order chi connectivity index (χ0) is 15.4. The number of rotatable bonds is 1. The third-order valence-electron chi connectivity index (χ3n) is 3.74. The lowest BCUT2D eigenvalue weighted by Crippen LogP contribution is -2.48. The van der Waals surface area contributed by atoms with Gasteiger partial charge in [0.2, 0.25) is 0 Å². The Bertz CT molecular complexity index is 604. The van der Waals surface area contributed by atoms with Gasteiger partial charge in [-0.2, -0.15) is 13.2 Å². The summed E-state index contributed by atoms with van der Waals surface area (Å²) in [7, 11) is 0. The maximum Gasteiger partial charge on any atom is 0.413 e. The van der Waals surface area contributed by atoms with Gasteiger partial charge in [0.1, 0.15) is 0 Å². The highest BCUT2D eigenvalue weighted by Gasteiger charge is 2.59. The summed E-state index contributed by atoms with van der Waals surface area (Å²) < 4.78 is 40.7. The van der Waals surface area contributed by atoms with E-state index in [0.717, 1.165) is 11.0 Å². The summed E-state index contributed by atoms with van der Waals surface area (Å²) in [5.41, 5.74) is -0.180. The molecule has 1 heterocycles. The number of nitrogens with zero attached hydrogens (tertiary/aromatic N) is 1. The maximum absolute atomic E-state index is 13.6. The summed E-state index contributed by atoms with van der Waals surface area (Å²) in [5, 5.41) is 2.63. The fourth-order valence-electron chi connectivity index (χ4n) is 2.46. The average molecular weight is 339 g/mol. The van der Waals surface area contributed by atoms with Gasteiger partial charge in [-0.15, -0.1) is 11.6 Å². The Balaban J connectivity index is 2.15. The van der Waals surface area contributed by atoms with Gasteiger partial charge in [0, 0.05) is 22.3 Å². The molecule has 3 rings (SSSR count). The van der Waals surface area contributed by atoms with Crippen molar-refractivity contribution in [2.75, 3.05) is 11.9 Å². The van der Waals surface area contributed by atoms with Crippen molar-refractivity contribution in [2.45, 2.75) is 29.9 Å². The molecule has 21 heavy (non-hydrogen) atoms. The number of carbonyl (C=O) groups excluding carboxylic acids is 1. The number of benzene rings is 1. The highest BCUT2D eigenvalue weighted by atomic mass is 35.5. The van der Waals surface area contributed by atoms with Crippen LogP contribution < -0.4 is 5.32 Å². The highest BCUT2D eigenvalue weighted by molar-refractivity contribution is 6.31. The zero-order valence-corrected chi connectivity index (χ0v) is 12.2. The number of anilines is 1. The minimum Gasteiger partial charge on any atom is -0.319 e. The van der Waals surface area contributed by atoms with Crippen molar-refractivity contribution in [3.8, 4) is 0 Å². The van der Waals surface area contributed by atoms with Gasteiger partial charge in [-0.3, -0.25) is 0 Å². The first-order valence-corrected chi connectivity index (χ1v) is 7.11. The van der Waals surface area contributed by atoms with Gasteiger partial charge in [-0.1, -0.05) is 11.6 Å². The van der Waals surface area contributed by atoms with Crippen LogP contribution in [0.5, 0.6) is 0 Å². The van der Waals surface area contributed by atoms with Crippen LogP contribution in [0.25, 0.3) is 0 Å². The first kappa shape index (κ1) is 14.8. The number of fused-ring (bicyclic) bond motifs is 1. The molecule has 1 aliphatic heterocycles. The van der Waals surface area contributed by atoms with Gasteiger partial charge in [-0.25, -0.2) is 4.79 Å². The Morgan fingerprint density at radius 3 is 2.57 bits per heavy atom. The normalized spacial score (nSPS) is 26.1. The lowest BCUT2D eigenvalue weighted by atomic mass is 9.95. The van der Waals surface area contributed by atoms with E-state index in [9.17, 15) is 18.0 Å². The van der Waals surface area contributed by atoms with Crippen LogP contribution in [0, 0.1) is 0 Å². The molecule has 2 amide bonds. The first-order valence-electron chi connectivity index (χ1n) is 6.36. The van der Waals surface area contributed by atoms with E-state index in [4.69, 9.17) is 23.2 Å². The van der Waals surface area contributed by atoms with E-state index in [0.29, 0.717) is 12.8 Å². The largest absolute Gasteiger partial charge is 0.413 e. The molecule has 3 nitrogen and oxygen atoms in total. The number of alkyl halides is 4. The van der Waals surface area contributed by atoms with Crippen molar-refractivity contribution in [3.63, 3.8) is 0 Å². The fraction of sp³-hybridized carbons (Fsp3) is 0.462. The Morgan fingerprint density at radius 2 is 2.00 bits per heavy atom. The zero-order valence-electron chi connectivity index (χ0n) is 10.7. The molecule has 0 saturated heterocycles. The second-order valence-electron chi connectivity index (χ2n) is 5.28. The van der Waals surface area contributed by atoms with Gasteiger partial charge in [0.05, 0.1) is 6.54 Å². The van der Waals surface area contributed by atoms with Gasteiger partial charge < -0.3 is 10.2 Å². The molecule has 0 bridgehead atoms. The Morgan fingerprint density at radius 1 is 1.33 bits per heavy atom. The molecule has 114 valence electrons. The molecule has 1 aliphatic carbocycles. The highest BCUT2D eigenvalue weighted by Crippen LogP contribution is 2.50. The number of hydrogen-bond acceptors (Lipinski definition) is 1. The van der Waals surface area contributed by atoms with Gasteiger partial charge >= 0.3 is 12.2 Å². The number of amides is 2. The molecule has 8 heteroatoms. The molecular weight excluding hydrogens is 328 g/mol. The predicted molar refractivity (Wildman–Crippen MR) is 73.8 cm³/mol. The van der Waals surface area contributed by atoms with Crippen LogP contribution in [0.3, 0.4) is 0 Å². The van der Waals surface area contributed by atoms with Crippen molar-refractivity contribution in [3.05, 3.63) is 28.8 Å². The summed E-state index contributed by atoms with van der Waals surface area (Å²) in [5.74, 6) is 0. The molecule has 1 saturated carbocycles. The summed E-state index contributed by atoms with van der Waals surface area (Å²) in [6, 6.07) is 3.17. The number of halogens is 5. The molecule has 2 aliphatic rings. The maximum atomic E-state index is 13.6. The molecular formula is C13H11Cl2F3N2O.